The van der Waals surface area contributed by atoms with Crippen LogP contribution in [0.5, 0.6) is 5.75 Å². The molecule has 22 heavy (non-hydrogen) atoms. The summed E-state index contributed by atoms with van der Waals surface area (Å²) in [6.07, 6.45) is 2.22. The Morgan fingerprint density at radius 3 is 2.68 bits per heavy atom. The van der Waals surface area contributed by atoms with Crippen molar-refractivity contribution in [2.75, 3.05) is 5.32 Å². The van der Waals surface area contributed by atoms with Crippen molar-refractivity contribution in [3.63, 3.8) is 0 Å². The van der Waals surface area contributed by atoms with E-state index in [0.29, 0.717) is 27.0 Å². The summed E-state index contributed by atoms with van der Waals surface area (Å²) in [5.74, 6) is 0.0208. The van der Waals surface area contributed by atoms with Gasteiger partial charge in [-0.15, -0.1) is 0 Å². The van der Waals surface area contributed by atoms with Gasteiger partial charge in [-0.1, -0.05) is 23.2 Å². The molecule has 0 aliphatic carbocycles. The minimum Gasteiger partial charge on any atom is -0.481 e. The van der Waals surface area contributed by atoms with Crippen molar-refractivity contribution in [1.82, 2.24) is 4.98 Å². The van der Waals surface area contributed by atoms with E-state index >= 15 is 0 Å². The molecule has 0 radical (unpaired) electrons. The van der Waals surface area contributed by atoms with Gasteiger partial charge in [0, 0.05) is 21.8 Å². The minimum absolute atomic E-state index is 0.197. The fraction of sp³-hybridized carbons (Fsp3) is 0.200. The highest BCUT2D eigenvalue weighted by Gasteiger charge is 2.16. The van der Waals surface area contributed by atoms with Crippen LogP contribution in [-0.4, -0.2) is 22.1 Å². The Bertz CT molecular complexity index is 659. The van der Waals surface area contributed by atoms with E-state index in [2.05, 4.69) is 10.3 Å². The first-order valence-corrected chi connectivity index (χ1v) is 7.22. The Balaban J connectivity index is 2.06. The van der Waals surface area contributed by atoms with Crippen molar-refractivity contribution >= 4 is 34.8 Å². The number of aromatic nitrogens is 1. The summed E-state index contributed by atoms with van der Waals surface area (Å²) in [6, 6.07) is 6.34. The van der Waals surface area contributed by atoms with E-state index in [1.165, 1.54) is 12.4 Å². The van der Waals surface area contributed by atoms with Gasteiger partial charge in [-0.25, -0.2) is 0 Å². The number of ether oxygens (including phenoxy) is 1. The van der Waals surface area contributed by atoms with Gasteiger partial charge < -0.3 is 15.2 Å². The highest BCUT2D eigenvalue weighted by atomic mass is 35.5. The van der Waals surface area contributed by atoms with E-state index in [1.807, 2.05) is 0 Å². The van der Waals surface area contributed by atoms with Gasteiger partial charge >= 0.3 is 0 Å². The van der Waals surface area contributed by atoms with Crippen molar-refractivity contribution in [3.05, 3.63) is 52.3 Å². The van der Waals surface area contributed by atoms with Crippen molar-refractivity contribution in [2.45, 2.75) is 19.6 Å². The van der Waals surface area contributed by atoms with Gasteiger partial charge in [-0.2, -0.15) is 0 Å². The molecule has 1 unspecified atom stereocenters. The molecule has 5 nitrogen and oxygen atoms in total. The van der Waals surface area contributed by atoms with Crippen molar-refractivity contribution < 1.29 is 14.6 Å². The predicted octanol–water partition coefficient (Wildman–Crippen LogP) is 3.29. The Kier molecular flexibility index (Phi) is 5.60. The highest BCUT2D eigenvalue weighted by molar-refractivity contribution is 6.34. The van der Waals surface area contributed by atoms with Crippen LogP contribution in [0.15, 0.2) is 36.7 Å². The van der Waals surface area contributed by atoms with Crippen molar-refractivity contribution in [3.8, 4) is 5.75 Å². The smallest absolute Gasteiger partial charge is 0.265 e. The number of anilines is 1. The number of carbonyl (C=O) groups excluding carboxylic acids is 1. The van der Waals surface area contributed by atoms with E-state index in [-0.39, 0.29) is 12.5 Å². The second-order valence-corrected chi connectivity index (χ2v) is 5.42. The number of benzene rings is 1. The summed E-state index contributed by atoms with van der Waals surface area (Å²) in [5, 5.41) is 12.7. The lowest BCUT2D eigenvalue weighted by Crippen LogP contribution is -2.30. The normalized spacial score (nSPS) is 11.8. The number of halogens is 2. The lowest BCUT2D eigenvalue weighted by atomic mass is 10.2. The van der Waals surface area contributed by atoms with Crippen LogP contribution in [0.2, 0.25) is 10.0 Å². The maximum atomic E-state index is 12.1. The summed E-state index contributed by atoms with van der Waals surface area (Å²) < 4.78 is 5.52. The van der Waals surface area contributed by atoms with Crippen LogP contribution in [0, 0.1) is 0 Å². The SMILES string of the molecule is CC(Oc1cc(Cl)cc(Cl)c1)C(=O)Nc1cnccc1CO. The summed E-state index contributed by atoms with van der Waals surface area (Å²) in [7, 11) is 0. The Morgan fingerprint density at radius 1 is 1.36 bits per heavy atom. The molecule has 7 heteroatoms. The number of nitrogens with one attached hydrogen (secondary N) is 1. The summed E-state index contributed by atoms with van der Waals surface area (Å²) in [4.78, 5) is 16.1. The van der Waals surface area contributed by atoms with E-state index in [1.54, 1.807) is 31.2 Å². The summed E-state index contributed by atoms with van der Waals surface area (Å²) in [5.41, 5.74) is 1.01. The molecule has 116 valence electrons. The van der Waals surface area contributed by atoms with Crippen LogP contribution >= 0.6 is 23.2 Å². The average Bonchev–Trinajstić information content (AvgIpc) is 2.46. The average molecular weight is 341 g/mol. The fourth-order valence-corrected chi connectivity index (χ4v) is 2.27. The van der Waals surface area contributed by atoms with Crippen LogP contribution in [-0.2, 0) is 11.4 Å². The van der Waals surface area contributed by atoms with Gasteiger partial charge in [0.2, 0.25) is 0 Å². The first-order chi connectivity index (χ1) is 10.5. The molecule has 1 heterocycles. The molecule has 2 aromatic rings. The molecular weight excluding hydrogens is 327 g/mol. The lowest BCUT2D eigenvalue weighted by molar-refractivity contribution is -0.122. The van der Waals surface area contributed by atoms with Crippen LogP contribution in [0.3, 0.4) is 0 Å². The Morgan fingerprint density at radius 2 is 2.05 bits per heavy atom. The second-order valence-electron chi connectivity index (χ2n) is 4.55. The maximum Gasteiger partial charge on any atom is 0.265 e. The molecular formula is C15H14Cl2N2O3. The quantitative estimate of drug-likeness (QED) is 0.875. The monoisotopic (exact) mass is 340 g/mol. The number of pyridine rings is 1. The summed E-state index contributed by atoms with van der Waals surface area (Å²) in [6.45, 7) is 1.40. The predicted molar refractivity (Wildman–Crippen MR) is 85.3 cm³/mol. The highest BCUT2D eigenvalue weighted by Crippen LogP contribution is 2.25. The molecule has 2 rings (SSSR count). The third kappa shape index (κ3) is 4.34. The second kappa shape index (κ2) is 7.45. The number of aliphatic hydroxyl groups is 1. The third-order valence-electron chi connectivity index (χ3n) is 2.86. The van der Waals surface area contributed by atoms with Gasteiger partial charge in [0.25, 0.3) is 5.91 Å². The van der Waals surface area contributed by atoms with Crippen molar-refractivity contribution in [1.29, 1.82) is 0 Å². The van der Waals surface area contributed by atoms with Crippen molar-refractivity contribution in [2.24, 2.45) is 0 Å². The zero-order valence-electron chi connectivity index (χ0n) is 11.7. The van der Waals surface area contributed by atoms with Gasteiger partial charge in [-0.05, 0) is 31.2 Å². The minimum atomic E-state index is -0.777. The molecule has 0 saturated heterocycles. The van der Waals surface area contributed by atoms with Gasteiger partial charge in [-0.3, -0.25) is 9.78 Å². The molecule has 1 aromatic carbocycles. The lowest BCUT2D eigenvalue weighted by Gasteiger charge is -2.16. The van der Waals surface area contributed by atoms with E-state index in [9.17, 15) is 9.90 Å². The van der Waals surface area contributed by atoms with Crippen LogP contribution in [0.4, 0.5) is 5.69 Å². The zero-order valence-corrected chi connectivity index (χ0v) is 13.2. The maximum absolute atomic E-state index is 12.1. The molecule has 0 aliphatic rings. The topological polar surface area (TPSA) is 71.5 Å². The van der Waals surface area contributed by atoms with E-state index in [0.717, 1.165) is 0 Å². The number of aliphatic hydroxyl groups excluding tert-OH is 1. The number of nitrogens with zero attached hydrogens (tertiary/aromatic N) is 1. The van der Waals surface area contributed by atoms with E-state index < -0.39 is 6.10 Å². The fourth-order valence-electron chi connectivity index (χ4n) is 1.76. The van der Waals surface area contributed by atoms with Crippen LogP contribution < -0.4 is 10.1 Å². The first kappa shape index (κ1) is 16.5. The largest absolute Gasteiger partial charge is 0.481 e. The molecule has 0 bridgehead atoms. The summed E-state index contributed by atoms with van der Waals surface area (Å²) >= 11 is 11.8. The number of hydrogen-bond acceptors (Lipinski definition) is 4. The standard InChI is InChI=1S/C15H14Cl2N2O3/c1-9(22-13-5-11(16)4-12(17)6-13)15(21)19-14-7-18-3-2-10(14)8-20/h2-7,9,20H,8H2,1H3,(H,19,21). The molecule has 0 spiro atoms. The number of amides is 1. The van der Waals surface area contributed by atoms with Crippen LogP contribution in [0.1, 0.15) is 12.5 Å². The van der Waals surface area contributed by atoms with Gasteiger partial charge in [0.1, 0.15) is 5.75 Å². The molecule has 0 saturated carbocycles. The Hall–Kier alpha value is -1.82. The van der Waals surface area contributed by atoms with E-state index in [4.69, 9.17) is 27.9 Å². The molecule has 0 fully saturated rings. The number of carbonyl (C=O) groups is 1. The van der Waals surface area contributed by atoms with Gasteiger partial charge in [0.15, 0.2) is 6.10 Å². The Labute approximate surface area is 137 Å². The van der Waals surface area contributed by atoms with Crippen LogP contribution in [0.25, 0.3) is 0 Å². The molecule has 1 amide bonds. The number of rotatable bonds is 5. The zero-order chi connectivity index (χ0) is 16.1. The molecule has 1 atom stereocenters. The third-order valence-corrected chi connectivity index (χ3v) is 3.29. The molecule has 0 aliphatic heterocycles. The first-order valence-electron chi connectivity index (χ1n) is 6.47. The van der Waals surface area contributed by atoms with Gasteiger partial charge in [0.05, 0.1) is 18.5 Å². The molecule has 1 aromatic heterocycles. The molecule has 2 N–H and O–H groups in total. The number of hydrogen-bond donors (Lipinski definition) is 2.